The summed E-state index contributed by atoms with van der Waals surface area (Å²) in [6.07, 6.45) is 0. The zero-order valence-electron chi connectivity index (χ0n) is 10.4. The van der Waals surface area contributed by atoms with E-state index in [0.717, 1.165) is 9.92 Å². The van der Waals surface area contributed by atoms with Crippen molar-refractivity contribution in [1.82, 2.24) is 9.78 Å². The van der Waals surface area contributed by atoms with Crippen LogP contribution in [0, 0.1) is 18.3 Å². The minimum absolute atomic E-state index is 0.242. The minimum Gasteiger partial charge on any atom is -0.478 e. The van der Waals surface area contributed by atoms with Gasteiger partial charge in [0.2, 0.25) is 0 Å². The van der Waals surface area contributed by atoms with Crippen molar-refractivity contribution in [2.75, 3.05) is 0 Å². The Labute approximate surface area is 114 Å². The van der Waals surface area contributed by atoms with E-state index in [-0.39, 0.29) is 5.56 Å². The molecule has 96 valence electrons. The number of hydrogen-bond acceptors (Lipinski definition) is 4. The van der Waals surface area contributed by atoms with E-state index in [1.165, 1.54) is 11.8 Å². The number of aromatic nitrogens is 2. The van der Waals surface area contributed by atoms with Crippen molar-refractivity contribution in [2.24, 2.45) is 7.05 Å². The molecular formula is C13H11N3O2S. The molecule has 0 spiro atoms. The number of hydrogen-bond donors (Lipinski definition) is 1. The van der Waals surface area contributed by atoms with E-state index in [2.05, 4.69) is 11.2 Å². The highest BCUT2D eigenvalue weighted by Crippen LogP contribution is 2.31. The molecule has 0 aliphatic heterocycles. The second kappa shape index (κ2) is 5.16. The fourth-order valence-electron chi connectivity index (χ4n) is 1.66. The molecule has 2 rings (SSSR count). The quantitative estimate of drug-likeness (QED) is 0.929. The van der Waals surface area contributed by atoms with E-state index in [9.17, 15) is 4.79 Å². The van der Waals surface area contributed by atoms with E-state index < -0.39 is 5.97 Å². The van der Waals surface area contributed by atoms with Crippen LogP contribution in [-0.2, 0) is 7.05 Å². The molecule has 1 aromatic heterocycles. The summed E-state index contributed by atoms with van der Waals surface area (Å²) in [4.78, 5) is 11.6. The predicted octanol–water partition coefficient (Wildman–Crippen LogP) is 2.45. The highest BCUT2D eigenvalue weighted by atomic mass is 32.2. The highest BCUT2D eigenvalue weighted by molar-refractivity contribution is 7.99. The first-order chi connectivity index (χ1) is 9.02. The van der Waals surface area contributed by atoms with E-state index in [0.29, 0.717) is 11.3 Å². The van der Waals surface area contributed by atoms with E-state index in [1.54, 1.807) is 42.9 Å². The van der Waals surface area contributed by atoms with Gasteiger partial charge in [-0.15, -0.1) is 0 Å². The zero-order chi connectivity index (χ0) is 14.0. The van der Waals surface area contributed by atoms with Crippen molar-refractivity contribution >= 4 is 17.7 Å². The Kier molecular flexibility index (Phi) is 3.58. The van der Waals surface area contributed by atoms with Crippen LogP contribution in [0.4, 0.5) is 0 Å². The lowest BCUT2D eigenvalue weighted by molar-refractivity contribution is 0.0697. The molecule has 0 unspecified atom stereocenters. The van der Waals surface area contributed by atoms with Crippen molar-refractivity contribution in [2.45, 2.75) is 16.8 Å². The molecule has 1 N–H and O–H groups in total. The minimum atomic E-state index is -0.953. The number of carbonyl (C=O) groups is 1. The van der Waals surface area contributed by atoms with Gasteiger partial charge in [-0.1, -0.05) is 11.8 Å². The fraction of sp³-hybridized carbons (Fsp3) is 0.154. The number of aryl methyl sites for hydroxylation is 2. The van der Waals surface area contributed by atoms with Gasteiger partial charge in [-0.3, -0.25) is 4.68 Å². The largest absolute Gasteiger partial charge is 0.478 e. The Morgan fingerprint density at radius 3 is 2.58 bits per heavy atom. The number of aromatic carboxylic acids is 1. The number of rotatable bonds is 3. The Morgan fingerprint density at radius 2 is 2.05 bits per heavy atom. The molecule has 1 aromatic carbocycles. The van der Waals surface area contributed by atoms with Crippen molar-refractivity contribution in [3.8, 4) is 6.07 Å². The number of nitrogens with zero attached hydrogens (tertiary/aromatic N) is 3. The molecule has 19 heavy (non-hydrogen) atoms. The van der Waals surface area contributed by atoms with E-state index >= 15 is 0 Å². The maximum absolute atomic E-state index is 10.8. The summed E-state index contributed by atoms with van der Waals surface area (Å²) in [7, 11) is 1.78. The summed E-state index contributed by atoms with van der Waals surface area (Å²) in [5.41, 5.74) is 1.48. The van der Waals surface area contributed by atoms with Crippen LogP contribution in [0.15, 0.2) is 34.2 Å². The molecule has 5 nitrogen and oxygen atoms in total. The van der Waals surface area contributed by atoms with Gasteiger partial charge in [-0.2, -0.15) is 10.4 Å². The Hall–Kier alpha value is -2.26. The summed E-state index contributed by atoms with van der Waals surface area (Å²) < 4.78 is 1.66. The van der Waals surface area contributed by atoms with Crippen LogP contribution in [0.3, 0.4) is 0 Å². The van der Waals surface area contributed by atoms with Crippen LogP contribution in [-0.4, -0.2) is 20.9 Å². The summed E-state index contributed by atoms with van der Waals surface area (Å²) in [6.45, 7) is 1.79. The molecule has 0 saturated carbocycles. The summed E-state index contributed by atoms with van der Waals surface area (Å²) in [6, 6.07) is 8.66. The van der Waals surface area contributed by atoms with Crippen LogP contribution >= 0.6 is 11.8 Å². The van der Waals surface area contributed by atoms with Gasteiger partial charge in [0.25, 0.3) is 0 Å². The predicted molar refractivity (Wildman–Crippen MR) is 70.2 cm³/mol. The average molecular weight is 273 g/mol. The third-order valence-corrected chi connectivity index (χ3v) is 3.77. The second-order valence-electron chi connectivity index (χ2n) is 3.93. The summed E-state index contributed by atoms with van der Waals surface area (Å²) in [5, 5.41) is 22.9. The molecule has 0 radical (unpaired) electrons. The topological polar surface area (TPSA) is 78.9 Å². The van der Waals surface area contributed by atoms with Crippen LogP contribution in [0.1, 0.15) is 21.6 Å². The standard InChI is InChI=1S/C13H11N3O2S/c1-8-11(7-14)12(16(2)15-8)19-10-5-3-9(4-6-10)13(17)18/h3-6H,1-2H3,(H,17,18). The molecule has 2 aromatic rings. The summed E-state index contributed by atoms with van der Waals surface area (Å²) >= 11 is 1.39. The number of carboxylic acids is 1. The lowest BCUT2D eigenvalue weighted by atomic mass is 10.2. The lowest BCUT2D eigenvalue weighted by Crippen LogP contribution is -1.95. The number of nitriles is 1. The third kappa shape index (κ3) is 2.61. The van der Waals surface area contributed by atoms with E-state index in [4.69, 9.17) is 10.4 Å². The normalized spacial score (nSPS) is 10.2. The maximum atomic E-state index is 10.8. The smallest absolute Gasteiger partial charge is 0.335 e. The molecule has 0 saturated heterocycles. The third-order valence-electron chi connectivity index (χ3n) is 2.60. The molecule has 0 amide bonds. The highest BCUT2D eigenvalue weighted by Gasteiger charge is 2.14. The van der Waals surface area contributed by atoms with Crippen LogP contribution in [0.25, 0.3) is 0 Å². The van der Waals surface area contributed by atoms with E-state index in [1.807, 2.05) is 0 Å². The Morgan fingerprint density at radius 1 is 1.42 bits per heavy atom. The summed E-state index contributed by atoms with van der Waals surface area (Å²) in [5.74, 6) is -0.953. The molecule has 0 aliphatic carbocycles. The first kappa shape index (κ1) is 13.2. The fourth-order valence-corrected chi connectivity index (χ4v) is 2.62. The average Bonchev–Trinajstić information content (AvgIpc) is 2.64. The van der Waals surface area contributed by atoms with Gasteiger partial charge in [0.1, 0.15) is 16.7 Å². The van der Waals surface area contributed by atoms with Crippen molar-refractivity contribution in [3.05, 3.63) is 41.1 Å². The number of benzene rings is 1. The van der Waals surface area contributed by atoms with Crippen molar-refractivity contribution in [1.29, 1.82) is 5.26 Å². The van der Waals surface area contributed by atoms with Crippen molar-refractivity contribution in [3.63, 3.8) is 0 Å². The molecule has 0 fully saturated rings. The zero-order valence-corrected chi connectivity index (χ0v) is 11.2. The Bertz CT molecular complexity index is 668. The maximum Gasteiger partial charge on any atom is 0.335 e. The first-order valence-corrected chi connectivity index (χ1v) is 6.29. The second-order valence-corrected chi connectivity index (χ2v) is 4.99. The van der Waals surface area contributed by atoms with Crippen LogP contribution < -0.4 is 0 Å². The van der Waals surface area contributed by atoms with Crippen molar-refractivity contribution < 1.29 is 9.90 Å². The molecular weight excluding hydrogens is 262 g/mol. The molecule has 6 heteroatoms. The van der Waals surface area contributed by atoms with Gasteiger partial charge < -0.3 is 5.11 Å². The number of carboxylic acid groups (broad SMARTS) is 1. The molecule has 1 heterocycles. The monoisotopic (exact) mass is 273 g/mol. The Balaban J connectivity index is 2.32. The lowest BCUT2D eigenvalue weighted by Gasteiger charge is -2.03. The first-order valence-electron chi connectivity index (χ1n) is 5.48. The van der Waals surface area contributed by atoms with Gasteiger partial charge in [0, 0.05) is 11.9 Å². The molecule has 0 bridgehead atoms. The van der Waals surface area contributed by atoms with Gasteiger partial charge in [0.05, 0.1) is 11.3 Å². The van der Waals surface area contributed by atoms with Gasteiger partial charge >= 0.3 is 5.97 Å². The molecule has 0 atom stereocenters. The van der Waals surface area contributed by atoms with Gasteiger partial charge in [-0.25, -0.2) is 4.79 Å². The van der Waals surface area contributed by atoms with Gasteiger partial charge in [-0.05, 0) is 31.2 Å². The van der Waals surface area contributed by atoms with Crippen LogP contribution in [0.2, 0.25) is 0 Å². The molecule has 0 aliphatic rings. The SMILES string of the molecule is Cc1nn(C)c(Sc2ccc(C(=O)O)cc2)c1C#N. The van der Waals surface area contributed by atoms with Crippen LogP contribution in [0.5, 0.6) is 0 Å². The van der Waals surface area contributed by atoms with Gasteiger partial charge in [0.15, 0.2) is 0 Å².